The molecule has 17 heavy (non-hydrogen) atoms. The summed E-state index contributed by atoms with van der Waals surface area (Å²) < 4.78 is 0. The zero-order valence-electron chi connectivity index (χ0n) is 11.1. The van der Waals surface area contributed by atoms with Crippen molar-refractivity contribution in [3.63, 3.8) is 0 Å². The fraction of sp³-hybridized carbons (Fsp3) is 0.833. The Morgan fingerprint density at radius 2 is 1.82 bits per heavy atom. The van der Waals surface area contributed by atoms with E-state index in [4.69, 9.17) is 10.9 Å². The molecule has 0 saturated carbocycles. The third-order valence-electron chi connectivity index (χ3n) is 3.71. The molecule has 0 aromatic rings. The van der Waals surface area contributed by atoms with Gasteiger partial charge in [-0.3, -0.25) is 4.79 Å². The molecule has 0 aliphatic carbocycles. The van der Waals surface area contributed by atoms with E-state index in [0.29, 0.717) is 0 Å². The molecule has 0 aromatic heterocycles. The first-order valence-electron chi connectivity index (χ1n) is 6.13. The lowest BCUT2D eigenvalue weighted by atomic mass is 9.86. The maximum atomic E-state index is 12.5. The molecule has 5 nitrogen and oxygen atoms in total. The number of likely N-dealkylation sites (tertiary alicyclic amines) is 1. The van der Waals surface area contributed by atoms with Crippen molar-refractivity contribution in [1.29, 1.82) is 0 Å². The van der Waals surface area contributed by atoms with Crippen LogP contribution in [0.4, 0.5) is 0 Å². The highest BCUT2D eigenvalue weighted by molar-refractivity contribution is 6.06. The Balaban J connectivity index is 2.95. The normalized spacial score (nSPS) is 27.1. The monoisotopic (exact) mass is 241 g/mol. The first-order valence-corrected chi connectivity index (χ1v) is 6.13. The Morgan fingerprint density at radius 3 is 2.24 bits per heavy atom. The van der Waals surface area contributed by atoms with Crippen molar-refractivity contribution in [2.24, 2.45) is 16.3 Å². The van der Waals surface area contributed by atoms with Gasteiger partial charge in [-0.15, -0.1) is 0 Å². The van der Waals surface area contributed by atoms with Crippen LogP contribution in [0.3, 0.4) is 0 Å². The van der Waals surface area contributed by atoms with Gasteiger partial charge in [0, 0.05) is 12.1 Å². The molecule has 1 aliphatic rings. The molecule has 0 aromatic carbocycles. The van der Waals surface area contributed by atoms with Crippen LogP contribution in [0, 0.1) is 5.41 Å². The van der Waals surface area contributed by atoms with E-state index in [0.717, 1.165) is 19.3 Å². The fourth-order valence-corrected chi connectivity index (χ4v) is 2.38. The van der Waals surface area contributed by atoms with Crippen molar-refractivity contribution < 1.29 is 10.0 Å². The molecule has 5 heteroatoms. The molecule has 1 fully saturated rings. The Labute approximate surface area is 103 Å². The summed E-state index contributed by atoms with van der Waals surface area (Å²) in [6, 6.07) is 0.439. The average Bonchev–Trinajstić information content (AvgIpc) is 2.27. The predicted octanol–water partition coefficient (Wildman–Crippen LogP) is 1.55. The van der Waals surface area contributed by atoms with Gasteiger partial charge in [-0.05, 0) is 47.0 Å². The number of nitrogens with two attached hydrogens (primary N) is 1. The number of oxime groups is 1. The molecule has 0 bridgehead atoms. The van der Waals surface area contributed by atoms with Crippen LogP contribution >= 0.6 is 0 Å². The molecule has 98 valence electrons. The molecule has 1 rings (SSSR count). The standard InChI is InChI=1S/C12H23N3O2/c1-8-6-5-7-9(2)15(8)11(16)12(3,4)10(13)14-17/h8-9,17H,5-7H2,1-4H3,(H2,13,14)/t8-,9+. The quantitative estimate of drug-likeness (QED) is 0.333. The highest BCUT2D eigenvalue weighted by Gasteiger charge is 2.40. The van der Waals surface area contributed by atoms with Crippen LogP contribution in [-0.2, 0) is 4.79 Å². The Morgan fingerprint density at radius 1 is 1.35 bits per heavy atom. The lowest BCUT2D eigenvalue weighted by Gasteiger charge is -2.42. The summed E-state index contributed by atoms with van der Waals surface area (Å²) in [6.07, 6.45) is 3.18. The zero-order chi connectivity index (χ0) is 13.2. The topological polar surface area (TPSA) is 78.9 Å². The van der Waals surface area contributed by atoms with E-state index >= 15 is 0 Å². The minimum atomic E-state index is -0.950. The van der Waals surface area contributed by atoms with E-state index in [1.54, 1.807) is 13.8 Å². The SMILES string of the molecule is C[C@@H]1CCC[C@H](C)N1C(=O)C(C)(C)C(N)=NO. The first-order chi connectivity index (χ1) is 7.82. The van der Waals surface area contributed by atoms with Gasteiger partial charge >= 0.3 is 0 Å². The van der Waals surface area contributed by atoms with E-state index in [9.17, 15) is 4.79 Å². The van der Waals surface area contributed by atoms with Crippen LogP contribution in [0.15, 0.2) is 5.16 Å². The second-order valence-corrected chi connectivity index (χ2v) is 5.45. The van der Waals surface area contributed by atoms with Crippen molar-refractivity contribution in [2.75, 3.05) is 0 Å². The minimum absolute atomic E-state index is 0.0347. The minimum Gasteiger partial charge on any atom is -0.409 e. The number of carbonyl (C=O) groups is 1. The molecule has 0 spiro atoms. The van der Waals surface area contributed by atoms with Gasteiger partial charge in [0.25, 0.3) is 0 Å². The number of hydrogen-bond donors (Lipinski definition) is 2. The van der Waals surface area contributed by atoms with Crippen molar-refractivity contribution >= 4 is 11.7 Å². The van der Waals surface area contributed by atoms with E-state index in [2.05, 4.69) is 19.0 Å². The third kappa shape index (κ3) is 2.53. The number of carbonyl (C=O) groups excluding carboxylic acids is 1. The van der Waals surface area contributed by atoms with Crippen LogP contribution in [0.25, 0.3) is 0 Å². The smallest absolute Gasteiger partial charge is 0.236 e. The lowest BCUT2D eigenvalue weighted by Crippen LogP contribution is -2.55. The van der Waals surface area contributed by atoms with Crippen molar-refractivity contribution in [3.05, 3.63) is 0 Å². The lowest BCUT2D eigenvalue weighted by molar-refractivity contribution is -0.143. The van der Waals surface area contributed by atoms with Crippen LogP contribution in [0.1, 0.15) is 47.0 Å². The third-order valence-corrected chi connectivity index (χ3v) is 3.71. The number of hydrogen-bond acceptors (Lipinski definition) is 3. The molecule has 0 unspecified atom stereocenters. The maximum Gasteiger partial charge on any atom is 0.236 e. The molecule has 0 radical (unpaired) electrons. The summed E-state index contributed by atoms with van der Waals surface area (Å²) in [4.78, 5) is 14.4. The number of nitrogens with zero attached hydrogens (tertiary/aromatic N) is 2. The molecule has 2 atom stereocenters. The van der Waals surface area contributed by atoms with Gasteiger partial charge in [0.15, 0.2) is 5.84 Å². The van der Waals surface area contributed by atoms with E-state index in [-0.39, 0.29) is 23.8 Å². The van der Waals surface area contributed by atoms with Gasteiger partial charge in [-0.25, -0.2) is 0 Å². The summed E-state index contributed by atoms with van der Waals surface area (Å²) in [6.45, 7) is 7.49. The van der Waals surface area contributed by atoms with Crippen LogP contribution < -0.4 is 5.73 Å². The summed E-state index contributed by atoms with van der Waals surface area (Å²) in [7, 11) is 0. The van der Waals surface area contributed by atoms with Gasteiger partial charge in [0.1, 0.15) is 5.41 Å². The molecular formula is C12H23N3O2. The van der Waals surface area contributed by atoms with E-state index in [1.807, 2.05) is 4.90 Å². The second kappa shape index (κ2) is 4.94. The Hall–Kier alpha value is -1.26. The van der Waals surface area contributed by atoms with Crippen LogP contribution in [0.5, 0.6) is 0 Å². The van der Waals surface area contributed by atoms with Crippen LogP contribution in [-0.4, -0.2) is 33.9 Å². The summed E-state index contributed by atoms with van der Waals surface area (Å²) in [5, 5.41) is 11.7. The molecule has 1 aliphatic heterocycles. The zero-order valence-corrected chi connectivity index (χ0v) is 11.1. The largest absolute Gasteiger partial charge is 0.409 e. The molecule has 1 heterocycles. The number of piperidine rings is 1. The summed E-state index contributed by atoms with van der Waals surface area (Å²) >= 11 is 0. The van der Waals surface area contributed by atoms with Gasteiger partial charge in [-0.1, -0.05) is 5.16 Å². The highest BCUT2D eigenvalue weighted by atomic mass is 16.4. The van der Waals surface area contributed by atoms with Crippen molar-refractivity contribution in [2.45, 2.75) is 59.0 Å². The Kier molecular flexibility index (Phi) is 4.01. The van der Waals surface area contributed by atoms with Gasteiger partial charge < -0.3 is 15.8 Å². The number of amides is 1. The van der Waals surface area contributed by atoms with E-state index in [1.165, 1.54) is 0 Å². The second-order valence-electron chi connectivity index (χ2n) is 5.45. The Bertz CT molecular complexity index is 316. The molecule has 1 saturated heterocycles. The van der Waals surface area contributed by atoms with Gasteiger partial charge in [0.2, 0.25) is 5.91 Å². The summed E-state index contributed by atoms with van der Waals surface area (Å²) in [5.41, 5.74) is 4.65. The highest BCUT2D eigenvalue weighted by Crippen LogP contribution is 2.28. The predicted molar refractivity (Wildman–Crippen MR) is 66.8 cm³/mol. The van der Waals surface area contributed by atoms with Gasteiger partial charge in [0.05, 0.1) is 0 Å². The molecule has 1 amide bonds. The van der Waals surface area contributed by atoms with E-state index < -0.39 is 5.41 Å². The van der Waals surface area contributed by atoms with Crippen LogP contribution in [0.2, 0.25) is 0 Å². The average molecular weight is 241 g/mol. The van der Waals surface area contributed by atoms with Crippen molar-refractivity contribution in [1.82, 2.24) is 4.90 Å². The summed E-state index contributed by atoms with van der Waals surface area (Å²) in [5.74, 6) is -0.0972. The van der Waals surface area contributed by atoms with Gasteiger partial charge in [-0.2, -0.15) is 0 Å². The molecular weight excluding hydrogens is 218 g/mol. The first kappa shape index (κ1) is 13.8. The maximum absolute atomic E-state index is 12.5. The fourth-order valence-electron chi connectivity index (χ4n) is 2.38. The molecule has 3 N–H and O–H groups in total. The van der Waals surface area contributed by atoms with Crippen molar-refractivity contribution in [3.8, 4) is 0 Å². The number of rotatable bonds is 2. The number of amidine groups is 1.